The van der Waals surface area contributed by atoms with Crippen molar-refractivity contribution in [2.24, 2.45) is 0 Å². The van der Waals surface area contributed by atoms with E-state index in [4.69, 9.17) is 10.2 Å². The van der Waals surface area contributed by atoms with E-state index in [-0.39, 0.29) is 0 Å². The second-order valence-electron chi connectivity index (χ2n) is 8.53. The first kappa shape index (κ1) is 21.4. The molecule has 0 unspecified atom stereocenters. The van der Waals surface area contributed by atoms with Gasteiger partial charge in [0.25, 0.3) is 0 Å². The molecule has 0 amide bonds. The highest BCUT2D eigenvalue weighted by atomic mass is 16.4. The molecule has 0 atom stereocenters. The summed E-state index contributed by atoms with van der Waals surface area (Å²) >= 11 is 0. The van der Waals surface area contributed by atoms with Crippen LogP contribution in [0.5, 0.6) is 0 Å². The summed E-state index contributed by atoms with van der Waals surface area (Å²) in [6, 6.07) is 31.2. The number of carbonyl (C=O) groups is 2. The first-order valence-electron chi connectivity index (χ1n) is 11.0. The zero-order valence-corrected chi connectivity index (χ0v) is 18.4. The predicted molar refractivity (Wildman–Crippen MR) is 134 cm³/mol. The first-order valence-corrected chi connectivity index (χ1v) is 11.0. The Morgan fingerprint density at radius 3 is 1.74 bits per heavy atom. The van der Waals surface area contributed by atoms with Crippen LogP contribution in [0.3, 0.4) is 0 Å². The number of fused-ring (bicyclic) bond motifs is 2. The standard InChI is InChI=1S/C30H22O4/c31-29(32)22-9-4-19(5-10-22)14-21-8-13-24-18-28-25(2-1-3-26(28)17-27(24)16-21)15-20-6-11-23(12-7-20)30(33)34/h1-13,16-18H,14-15H2,(H,31,32)(H,33,34). The molecule has 0 fully saturated rings. The van der Waals surface area contributed by atoms with Crippen molar-refractivity contribution < 1.29 is 19.8 Å². The van der Waals surface area contributed by atoms with Crippen LogP contribution in [0.4, 0.5) is 0 Å². The minimum atomic E-state index is -0.917. The smallest absolute Gasteiger partial charge is 0.335 e. The molecule has 4 nitrogen and oxygen atoms in total. The summed E-state index contributed by atoms with van der Waals surface area (Å²) in [7, 11) is 0. The Bertz CT molecular complexity index is 1530. The molecule has 0 heterocycles. The Labute approximate surface area is 196 Å². The summed E-state index contributed by atoms with van der Waals surface area (Å²) in [6.07, 6.45) is 1.47. The molecule has 0 aliphatic heterocycles. The fourth-order valence-corrected chi connectivity index (χ4v) is 4.39. The van der Waals surface area contributed by atoms with Crippen LogP contribution in [0, 0.1) is 0 Å². The van der Waals surface area contributed by atoms with Crippen molar-refractivity contribution in [3.63, 3.8) is 0 Å². The van der Waals surface area contributed by atoms with Crippen LogP contribution in [0.25, 0.3) is 21.5 Å². The lowest BCUT2D eigenvalue weighted by Gasteiger charge is -2.10. The van der Waals surface area contributed by atoms with Gasteiger partial charge in [0.2, 0.25) is 0 Å². The Morgan fingerprint density at radius 1 is 0.529 bits per heavy atom. The number of aromatic carboxylic acids is 2. The van der Waals surface area contributed by atoms with Crippen LogP contribution in [0.1, 0.15) is 43.0 Å². The molecule has 2 N–H and O–H groups in total. The van der Waals surface area contributed by atoms with E-state index in [1.165, 1.54) is 16.5 Å². The topological polar surface area (TPSA) is 74.6 Å². The van der Waals surface area contributed by atoms with E-state index in [9.17, 15) is 9.59 Å². The number of rotatable bonds is 6. The molecule has 0 aliphatic rings. The van der Waals surface area contributed by atoms with Gasteiger partial charge in [0.05, 0.1) is 11.1 Å². The predicted octanol–water partition coefficient (Wildman–Crippen LogP) is 6.57. The summed E-state index contributed by atoms with van der Waals surface area (Å²) in [6.45, 7) is 0. The number of hydrogen-bond donors (Lipinski definition) is 2. The Kier molecular flexibility index (Phi) is 5.56. The SMILES string of the molecule is O=C(O)c1ccc(Cc2ccc3cc4c(Cc5ccc(C(=O)O)cc5)cccc4cc3c2)cc1. The Morgan fingerprint density at radius 2 is 1.12 bits per heavy atom. The van der Waals surface area contributed by atoms with Gasteiger partial charge in [-0.15, -0.1) is 0 Å². The summed E-state index contributed by atoms with van der Waals surface area (Å²) in [5.41, 5.74) is 5.10. The second-order valence-corrected chi connectivity index (χ2v) is 8.53. The Balaban J connectivity index is 1.44. The Hall–Kier alpha value is -4.44. The van der Waals surface area contributed by atoms with Gasteiger partial charge in [-0.05, 0) is 93.0 Å². The molecule has 0 aliphatic carbocycles. The summed E-state index contributed by atoms with van der Waals surface area (Å²) in [5.74, 6) is -1.83. The molecular weight excluding hydrogens is 424 g/mol. The molecule has 0 aromatic heterocycles. The number of hydrogen-bond acceptors (Lipinski definition) is 2. The zero-order chi connectivity index (χ0) is 23.7. The highest BCUT2D eigenvalue weighted by molar-refractivity contribution is 6.00. The largest absolute Gasteiger partial charge is 0.478 e. The minimum Gasteiger partial charge on any atom is -0.478 e. The third kappa shape index (κ3) is 4.39. The maximum atomic E-state index is 11.1. The van der Waals surface area contributed by atoms with E-state index in [1.54, 1.807) is 24.3 Å². The molecule has 0 radical (unpaired) electrons. The van der Waals surface area contributed by atoms with Crippen molar-refractivity contribution in [1.82, 2.24) is 0 Å². The van der Waals surface area contributed by atoms with Gasteiger partial charge >= 0.3 is 11.9 Å². The fraction of sp³-hybridized carbons (Fsp3) is 0.0667. The van der Waals surface area contributed by atoms with E-state index < -0.39 is 11.9 Å². The van der Waals surface area contributed by atoms with Gasteiger partial charge in [0.1, 0.15) is 0 Å². The van der Waals surface area contributed by atoms with Crippen LogP contribution < -0.4 is 0 Å². The number of benzene rings is 5. The molecule has 0 saturated carbocycles. The van der Waals surface area contributed by atoms with Gasteiger partial charge in [-0.2, -0.15) is 0 Å². The molecular formula is C30H22O4. The maximum absolute atomic E-state index is 11.1. The normalized spacial score (nSPS) is 11.1. The van der Waals surface area contributed by atoms with Crippen LogP contribution in [-0.2, 0) is 12.8 Å². The van der Waals surface area contributed by atoms with Gasteiger partial charge in [-0.3, -0.25) is 0 Å². The van der Waals surface area contributed by atoms with Gasteiger partial charge in [0.15, 0.2) is 0 Å². The van der Waals surface area contributed by atoms with Crippen LogP contribution >= 0.6 is 0 Å². The molecule has 0 bridgehead atoms. The third-order valence-corrected chi connectivity index (χ3v) is 6.20. The quantitative estimate of drug-likeness (QED) is 0.289. The lowest BCUT2D eigenvalue weighted by Crippen LogP contribution is -1.97. The van der Waals surface area contributed by atoms with Crippen molar-refractivity contribution in [2.75, 3.05) is 0 Å². The molecule has 0 saturated heterocycles. The lowest BCUT2D eigenvalue weighted by molar-refractivity contribution is 0.0686. The van der Waals surface area contributed by atoms with Gasteiger partial charge in [-0.1, -0.05) is 60.7 Å². The molecule has 5 rings (SSSR count). The minimum absolute atomic E-state index is 0.293. The van der Waals surface area contributed by atoms with E-state index in [0.717, 1.165) is 40.1 Å². The highest BCUT2D eigenvalue weighted by Crippen LogP contribution is 2.28. The summed E-state index contributed by atoms with van der Waals surface area (Å²) in [5, 5.41) is 22.9. The van der Waals surface area contributed by atoms with Crippen LogP contribution in [0.15, 0.2) is 97.1 Å². The van der Waals surface area contributed by atoms with Gasteiger partial charge < -0.3 is 10.2 Å². The van der Waals surface area contributed by atoms with Gasteiger partial charge in [0, 0.05) is 0 Å². The average molecular weight is 447 g/mol. The highest BCUT2D eigenvalue weighted by Gasteiger charge is 2.08. The molecule has 5 aromatic rings. The second kappa shape index (κ2) is 8.83. The van der Waals surface area contributed by atoms with Gasteiger partial charge in [-0.25, -0.2) is 9.59 Å². The molecule has 34 heavy (non-hydrogen) atoms. The third-order valence-electron chi connectivity index (χ3n) is 6.20. The van der Waals surface area contributed by atoms with E-state index in [1.807, 2.05) is 24.3 Å². The van der Waals surface area contributed by atoms with E-state index in [2.05, 4.69) is 48.5 Å². The van der Waals surface area contributed by atoms with E-state index >= 15 is 0 Å². The van der Waals surface area contributed by atoms with Crippen LogP contribution in [-0.4, -0.2) is 22.2 Å². The fourth-order valence-electron chi connectivity index (χ4n) is 4.39. The number of carboxylic acid groups (broad SMARTS) is 2. The zero-order valence-electron chi connectivity index (χ0n) is 18.4. The average Bonchev–Trinajstić information content (AvgIpc) is 2.84. The molecule has 0 spiro atoms. The monoisotopic (exact) mass is 446 g/mol. The molecule has 166 valence electrons. The lowest BCUT2D eigenvalue weighted by atomic mass is 9.94. The van der Waals surface area contributed by atoms with E-state index in [0.29, 0.717) is 11.1 Å². The maximum Gasteiger partial charge on any atom is 0.335 e. The van der Waals surface area contributed by atoms with Crippen molar-refractivity contribution in [2.45, 2.75) is 12.8 Å². The molecule has 5 aromatic carbocycles. The van der Waals surface area contributed by atoms with Crippen LogP contribution in [0.2, 0.25) is 0 Å². The van der Waals surface area contributed by atoms with Crippen molar-refractivity contribution in [1.29, 1.82) is 0 Å². The molecule has 4 heteroatoms. The summed E-state index contributed by atoms with van der Waals surface area (Å²) in [4.78, 5) is 22.2. The first-order chi connectivity index (χ1) is 16.5. The summed E-state index contributed by atoms with van der Waals surface area (Å²) < 4.78 is 0. The number of carboxylic acids is 2. The van der Waals surface area contributed by atoms with Crippen molar-refractivity contribution >= 4 is 33.5 Å². The van der Waals surface area contributed by atoms with Crippen molar-refractivity contribution in [3.8, 4) is 0 Å². The van der Waals surface area contributed by atoms with Crippen molar-refractivity contribution in [3.05, 3.63) is 130 Å².